The fourth-order valence-corrected chi connectivity index (χ4v) is 4.50. The molecule has 5 rings (SSSR count). The molecule has 1 aromatic heterocycles. The van der Waals surface area contributed by atoms with E-state index in [0.717, 1.165) is 36.3 Å². The van der Waals surface area contributed by atoms with Gasteiger partial charge < -0.3 is 24.5 Å². The van der Waals surface area contributed by atoms with Crippen LogP contribution in [0.15, 0.2) is 30.5 Å². The number of hydrogen-bond donors (Lipinski definition) is 2. The molecule has 0 amide bonds. The van der Waals surface area contributed by atoms with Gasteiger partial charge in [-0.15, -0.1) is 0 Å². The van der Waals surface area contributed by atoms with E-state index in [1.54, 1.807) is 0 Å². The van der Waals surface area contributed by atoms with Crippen LogP contribution in [0.5, 0.6) is 5.75 Å². The number of benzene rings is 1. The number of aromatic nitrogens is 1. The van der Waals surface area contributed by atoms with E-state index in [2.05, 4.69) is 9.88 Å². The lowest BCUT2D eigenvalue weighted by Gasteiger charge is -2.33. The Balaban J connectivity index is 1.46. The van der Waals surface area contributed by atoms with Crippen LogP contribution < -0.4 is 4.74 Å². The summed E-state index contributed by atoms with van der Waals surface area (Å²) in [5.41, 5.74) is 0.962. The van der Waals surface area contributed by atoms with Crippen molar-refractivity contribution in [2.45, 2.75) is 44.2 Å². The van der Waals surface area contributed by atoms with Crippen LogP contribution in [-0.2, 0) is 14.3 Å². The van der Waals surface area contributed by atoms with Gasteiger partial charge in [0.15, 0.2) is 0 Å². The number of fused-ring (bicyclic) bond motifs is 5. The minimum atomic E-state index is -1.57. The maximum atomic E-state index is 11.7. The molecule has 0 saturated carbocycles. The molecule has 2 aromatic rings. The van der Waals surface area contributed by atoms with Gasteiger partial charge in [0.25, 0.3) is 0 Å². The third-order valence-electron chi connectivity index (χ3n) is 6.04. The van der Waals surface area contributed by atoms with Gasteiger partial charge >= 0.3 is 11.9 Å². The molecule has 0 radical (unpaired) electrons. The molecule has 2 atom stereocenters. The smallest absolute Gasteiger partial charge is 0.417 e. The number of H-pyrrole nitrogens is 1. The number of piperidine rings is 1. The number of carboxylic acids is 1. The van der Waals surface area contributed by atoms with Crippen molar-refractivity contribution in [2.24, 2.45) is 5.92 Å². The van der Waals surface area contributed by atoms with E-state index in [1.807, 2.05) is 30.5 Å². The van der Waals surface area contributed by atoms with Crippen molar-refractivity contribution < 1.29 is 24.2 Å². The summed E-state index contributed by atoms with van der Waals surface area (Å²) < 4.78 is 11.2. The van der Waals surface area contributed by atoms with Gasteiger partial charge in [0, 0.05) is 29.6 Å². The maximum Gasteiger partial charge on any atom is 0.417 e. The molecular formula is C21H26N2O5. The molecule has 3 fully saturated rings. The van der Waals surface area contributed by atoms with Crippen LogP contribution >= 0.6 is 0 Å². The standard InChI is InChI=1S/C21H26N2O5/c24-20(25)21(26)28-16(12-15-5-4-14-7-10-23(15)11-8-14)13-27-19-3-1-2-18-17(19)6-9-22-18/h1-3,6,9,14-16,22H,4-5,7-8,10-13H2,(H,24,25)/t15?,16-/m0/s1. The zero-order valence-electron chi connectivity index (χ0n) is 15.8. The van der Waals surface area contributed by atoms with Crippen molar-refractivity contribution in [3.8, 4) is 5.75 Å². The lowest BCUT2D eigenvalue weighted by atomic mass is 9.95. The highest BCUT2D eigenvalue weighted by Crippen LogP contribution is 2.32. The summed E-state index contributed by atoms with van der Waals surface area (Å²) >= 11 is 0. The largest absolute Gasteiger partial charge is 0.489 e. The van der Waals surface area contributed by atoms with Gasteiger partial charge in [-0.05, 0) is 62.9 Å². The molecule has 150 valence electrons. The second-order valence-electron chi connectivity index (χ2n) is 7.78. The first kappa shape index (κ1) is 18.8. The summed E-state index contributed by atoms with van der Waals surface area (Å²) in [7, 11) is 0. The second-order valence-corrected chi connectivity index (χ2v) is 7.78. The normalized spacial score (nSPS) is 25.2. The van der Waals surface area contributed by atoms with Crippen LogP contribution in [0.25, 0.3) is 10.9 Å². The highest BCUT2D eigenvalue weighted by atomic mass is 16.6. The monoisotopic (exact) mass is 386 g/mol. The van der Waals surface area contributed by atoms with Crippen LogP contribution in [0.4, 0.5) is 0 Å². The molecule has 2 N–H and O–H groups in total. The van der Waals surface area contributed by atoms with Crippen LogP contribution in [0.1, 0.15) is 32.1 Å². The predicted molar refractivity (Wildman–Crippen MR) is 103 cm³/mol. The van der Waals surface area contributed by atoms with Crippen molar-refractivity contribution in [3.63, 3.8) is 0 Å². The number of aliphatic carboxylic acids is 1. The number of rotatable bonds is 6. The third-order valence-corrected chi connectivity index (χ3v) is 6.04. The number of esters is 1. The van der Waals surface area contributed by atoms with Gasteiger partial charge in [0.2, 0.25) is 0 Å². The molecule has 0 spiro atoms. The van der Waals surface area contributed by atoms with Gasteiger partial charge in [-0.2, -0.15) is 0 Å². The molecule has 1 unspecified atom stereocenters. The van der Waals surface area contributed by atoms with Crippen molar-refractivity contribution in [2.75, 3.05) is 19.7 Å². The van der Waals surface area contributed by atoms with E-state index in [9.17, 15) is 9.59 Å². The number of hydrogen-bond acceptors (Lipinski definition) is 5. The lowest BCUT2D eigenvalue weighted by molar-refractivity contribution is -0.169. The van der Waals surface area contributed by atoms with Gasteiger partial charge in [-0.25, -0.2) is 9.59 Å². The summed E-state index contributed by atoms with van der Waals surface area (Å²) in [6.07, 6.45) is 6.52. The van der Waals surface area contributed by atoms with Crippen LogP contribution in [0.2, 0.25) is 0 Å². The minimum absolute atomic E-state index is 0.136. The Morgan fingerprint density at radius 2 is 2.00 bits per heavy atom. The first-order valence-electron chi connectivity index (χ1n) is 9.97. The summed E-state index contributed by atoms with van der Waals surface area (Å²) in [5, 5.41) is 9.90. The molecule has 7 nitrogen and oxygen atoms in total. The Hall–Kier alpha value is -2.54. The van der Waals surface area contributed by atoms with Gasteiger partial charge in [-0.1, -0.05) is 6.07 Å². The quantitative estimate of drug-likeness (QED) is 0.586. The van der Waals surface area contributed by atoms with Crippen LogP contribution in [-0.4, -0.2) is 58.8 Å². The minimum Gasteiger partial charge on any atom is -0.489 e. The van der Waals surface area contributed by atoms with E-state index < -0.39 is 18.0 Å². The summed E-state index contributed by atoms with van der Waals surface area (Å²) in [6, 6.07) is 7.94. The number of aromatic amines is 1. The van der Waals surface area contributed by atoms with Crippen molar-refractivity contribution in [1.29, 1.82) is 0 Å². The SMILES string of the molecule is O=C(O)C(=O)O[C@H](COc1cccc2[nH]ccc12)CC1CCC2CCN1CC2. The van der Waals surface area contributed by atoms with E-state index >= 15 is 0 Å². The Bertz CT molecular complexity index is 840. The average molecular weight is 386 g/mol. The highest BCUT2D eigenvalue weighted by molar-refractivity contribution is 6.28. The Kier molecular flexibility index (Phi) is 5.52. The molecule has 3 aliphatic heterocycles. The van der Waals surface area contributed by atoms with E-state index in [-0.39, 0.29) is 6.61 Å². The second kappa shape index (κ2) is 8.22. The molecule has 4 heterocycles. The molecular weight excluding hydrogens is 360 g/mol. The molecule has 7 heteroatoms. The zero-order valence-corrected chi connectivity index (χ0v) is 15.8. The summed E-state index contributed by atoms with van der Waals surface area (Å²) in [5.74, 6) is -1.30. The Labute approximate surface area is 163 Å². The first-order chi connectivity index (χ1) is 13.6. The van der Waals surface area contributed by atoms with Gasteiger partial charge in [0.1, 0.15) is 18.5 Å². The summed E-state index contributed by atoms with van der Waals surface area (Å²) in [4.78, 5) is 28.3. The van der Waals surface area contributed by atoms with Crippen molar-refractivity contribution >= 4 is 22.8 Å². The molecule has 3 aliphatic rings. The van der Waals surface area contributed by atoms with E-state index in [1.165, 1.54) is 19.3 Å². The number of carbonyl (C=O) groups excluding carboxylic acids is 1. The molecule has 1 aromatic carbocycles. The van der Waals surface area contributed by atoms with Crippen LogP contribution in [0, 0.1) is 5.92 Å². The van der Waals surface area contributed by atoms with Crippen molar-refractivity contribution in [1.82, 2.24) is 9.88 Å². The fraction of sp³-hybridized carbons (Fsp3) is 0.524. The third kappa shape index (κ3) is 4.14. The lowest BCUT2D eigenvalue weighted by Crippen LogP contribution is -2.42. The topological polar surface area (TPSA) is 91.9 Å². The Morgan fingerprint density at radius 1 is 1.18 bits per heavy atom. The Morgan fingerprint density at radius 3 is 2.79 bits per heavy atom. The van der Waals surface area contributed by atoms with Crippen molar-refractivity contribution in [3.05, 3.63) is 30.5 Å². The maximum absolute atomic E-state index is 11.7. The number of nitrogens with zero attached hydrogens (tertiary/aromatic N) is 1. The van der Waals surface area contributed by atoms with E-state index in [0.29, 0.717) is 18.2 Å². The van der Waals surface area contributed by atoms with Gasteiger partial charge in [0.05, 0.1) is 0 Å². The number of carboxylic acid groups (broad SMARTS) is 1. The van der Waals surface area contributed by atoms with E-state index in [4.69, 9.17) is 14.6 Å². The van der Waals surface area contributed by atoms with Gasteiger partial charge in [-0.3, -0.25) is 0 Å². The average Bonchev–Trinajstić information content (AvgIpc) is 3.02. The first-order valence-corrected chi connectivity index (χ1v) is 9.97. The molecule has 28 heavy (non-hydrogen) atoms. The summed E-state index contributed by atoms with van der Waals surface area (Å²) in [6.45, 7) is 2.27. The number of nitrogens with one attached hydrogen (secondary N) is 1. The number of carbonyl (C=O) groups is 2. The predicted octanol–water partition coefficient (Wildman–Crippen LogP) is 2.81. The zero-order chi connectivity index (χ0) is 19.5. The molecule has 2 bridgehead atoms. The highest BCUT2D eigenvalue weighted by Gasteiger charge is 2.33. The number of ether oxygens (including phenoxy) is 2. The van der Waals surface area contributed by atoms with Crippen LogP contribution in [0.3, 0.4) is 0 Å². The molecule has 3 saturated heterocycles. The molecule has 0 aliphatic carbocycles. The fourth-order valence-electron chi connectivity index (χ4n) is 4.50.